The van der Waals surface area contributed by atoms with Crippen LogP contribution in [0.15, 0.2) is 72.8 Å². The molecule has 1 N–H and O–H groups in total. The molecule has 0 aliphatic heterocycles. The van der Waals surface area contributed by atoms with Gasteiger partial charge in [0.15, 0.2) is 17.5 Å². The SMILES string of the molecule is C=C(/C=C(/F)C(=C)OCC)COC1CCC(c2ccc(-c3ccc(O)cc3)c(F)c2F)CC1. The number of hydrogen-bond donors (Lipinski definition) is 1. The van der Waals surface area contributed by atoms with Crippen LogP contribution in [-0.2, 0) is 9.47 Å². The summed E-state index contributed by atoms with van der Waals surface area (Å²) >= 11 is 0. The van der Waals surface area contributed by atoms with Gasteiger partial charge in [0.05, 0.1) is 19.3 Å². The first-order valence-corrected chi connectivity index (χ1v) is 11.1. The van der Waals surface area contributed by atoms with Crippen molar-refractivity contribution in [2.24, 2.45) is 0 Å². The van der Waals surface area contributed by atoms with E-state index in [0.717, 1.165) is 0 Å². The highest BCUT2D eigenvalue weighted by Gasteiger charge is 2.27. The van der Waals surface area contributed by atoms with E-state index in [2.05, 4.69) is 13.2 Å². The van der Waals surface area contributed by atoms with Crippen molar-refractivity contribution in [3.63, 3.8) is 0 Å². The van der Waals surface area contributed by atoms with Gasteiger partial charge in [-0.2, -0.15) is 0 Å². The first-order chi connectivity index (χ1) is 15.8. The molecule has 1 aliphatic rings. The summed E-state index contributed by atoms with van der Waals surface area (Å²) in [5, 5.41) is 9.40. The Morgan fingerprint density at radius 2 is 1.70 bits per heavy atom. The highest BCUT2D eigenvalue weighted by molar-refractivity contribution is 5.65. The van der Waals surface area contributed by atoms with Gasteiger partial charge in [-0.25, -0.2) is 13.2 Å². The molecule has 0 atom stereocenters. The van der Waals surface area contributed by atoms with Crippen molar-refractivity contribution in [2.75, 3.05) is 13.2 Å². The molecular weight excluding hydrogens is 429 g/mol. The summed E-state index contributed by atoms with van der Waals surface area (Å²) < 4.78 is 54.4. The van der Waals surface area contributed by atoms with Crippen molar-refractivity contribution in [1.29, 1.82) is 0 Å². The number of halogens is 3. The molecule has 0 spiro atoms. The minimum atomic E-state index is -0.879. The Morgan fingerprint density at radius 1 is 1.03 bits per heavy atom. The number of aromatic hydroxyl groups is 1. The fraction of sp³-hybridized carbons (Fsp3) is 0.333. The average molecular weight is 459 g/mol. The maximum absolute atomic E-state index is 14.9. The van der Waals surface area contributed by atoms with Crippen molar-refractivity contribution >= 4 is 0 Å². The molecule has 6 heteroatoms. The van der Waals surface area contributed by atoms with E-state index in [1.807, 2.05) is 0 Å². The number of phenolic OH excluding ortho intramolecular Hbond substituents is 1. The van der Waals surface area contributed by atoms with E-state index >= 15 is 0 Å². The molecule has 1 aliphatic carbocycles. The van der Waals surface area contributed by atoms with Gasteiger partial charge in [-0.05, 0) is 73.4 Å². The third-order valence-electron chi connectivity index (χ3n) is 5.82. The van der Waals surface area contributed by atoms with E-state index in [1.165, 1.54) is 18.2 Å². The normalized spacial score (nSPS) is 18.7. The molecule has 0 radical (unpaired) electrons. The second-order valence-corrected chi connectivity index (χ2v) is 8.17. The van der Waals surface area contributed by atoms with Gasteiger partial charge in [0.25, 0.3) is 0 Å². The molecule has 0 bridgehead atoms. The van der Waals surface area contributed by atoms with Gasteiger partial charge >= 0.3 is 0 Å². The summed E-state index contributed by atoms with van der Waals surface area (Å²) in [7, 11) is 0. The Balaban J connectivity index is 1.56. The van der Waals surface area contributed by atoms with E-state index < -0.39 is 17.5 Å². The molecule has 0 saturated heterocycles. The molecule has 3 rings (SSSR count). The molecule has 2 aromatic carbocycles. The number of rotatable bonds is 9. The molecule has 0 heterocycles. The zero-order valence-corrected chi connectivity index (χ0v) is 18.8. The molecule has 3 nitrogen and oxygen atoms in total. The van der Waals surface area contributed by atoms with Gasteiger partial charge in [-0.3, -0.25) is 0 Å². The Bertz CT molecular complexity index is 1020. The fourth-order valence-corrected chi connectivity index (χ4v) is 4.05. The van der Waals surface area contributed by atoms with Crippen LogP contribution in [0.1, 0.15) is 44.1 Å². The molecular formula is C27H29F3O3. The molecule has 1 saturated carbocycles. The minimum Gasteiger partial charge on any atom is -0.508 e. The topological polar surface area (TPSA) is 38.7 Å². The van der Waals surface area contributed by atoms with Crippen LogP contribution in [0.5, 0.6) is 5.75 Å². The van der Waals surface area contributed by atoms with Gasteiger partial charge in [0.1, 0.15) is 11.5 Å². The Morgan fingerprint density at radius 3 is 2.33 bits per heavy atom. The molecule has 0 amide bonds. The van der Waals surface area contributed by atoms with Gasteiger partial charge in [0.2, 0.25) is 0 Å². The average Bonchev–Trinajstić information content (AvgIpc) is 2.81. The van der Waals surface area contributed by atoms with E-state index in [1.54, 1.807) is 31.2 Å². The van der Waals surface area contributed by atoms with E-state index in [0.29, 0.717) is 49.0 Å². The maximum atomic E-state index is 14.9. The fourth-order valence-electron chi connectivity index (χ4n) is 4.05. The second kappa shape index (κ2) is 11.2. The predicted octanol–water partition coefficient (Wildman–Crippen LogP) is 7.34. The first kappa shape index (κ1) is 24.6. The quantitative estimate of drug-likeness (QED) is 0.316. The number of allylic oxidation sites excluding steroid dienone is 1. The van der Waals surface area contributed by atoms with Gasteiger partial charge in [-0.15, -0.1) is 0 Å². The van der Waals surface area contributed by atoms with Crippen molar-refractivity contribution in [2.45, 2.75) is 44.6 Å². The van der Waals surface area contributed by atoms with Gasteiger partial charge < -0.3 is 14.6 Å². The van der Waals surface area contributed by atoms with Gasteiger partial charge in [-0.1, -0.05) is 37.4 Å². The van der Waals surface area contributed by atoms with Crippen molar-refractivity contribution < 1.29 is 27.8 Å². The third-order valence-corrected chi connectivity index (χ3v) is 5.82. The van der Waals surface area contributed by atoms with Crippen LogP contribution in [0.4, 0.5) is 13.2 Å². The summed E-state index contributed by atoms with van der Waals surface area (Å²) in [6.07, 6.45) is 3.91. The summed E-state index contributed by atoms with van der Waals surface area (Å²) in [5.41, 5.74) is 1.51. The zero-order valence-electron chi connectivity index (χ0n) is 18.8. The molecule has 0 aromatic heterocycles. The number of benzene rings is 2. The molecule has 176 valence electrons. The molecule has 2 aromatic rings. The Labute approximate surface area is 192 Å². The highest BCUT2D eigenvalue weighted by Crippen LogP contribution is 2.38. The Hall–Kier alpha value is -2.99. The first-order valence-electron chi connectivity index (χ1n) is 11.1. The smallest absolute Gasteiger partial charge is 0.166 e. The Kier molecular flexibility index (Phi) is 8.39. The second-order valence-electron chi connectivity index (χ2n) is 8.17. The van der Waals surface area contributed by atoms with Gasteiger partial charge in [0, 0.05) is 5.56 Å². The summed E-state index contributed by atoms with van der Waals surface area (Å²) in [5.74, 6) is -2.35. The van der Waals surface area contributed by atoms with Crippen molar-refractivity contribution in [1.82, 2.24) is 0 Å². The monoisotopic (exact) mass is 458 g/mol. The lowest BCUT2D eigenvalue weighted by molar-refractivity contribution is 0.0393. The lowest BCUT2D eigenvalue weighted by atomic mass is 9.82. The molecule has 0 unspecified atom stereocenters. The highest BCUT2D eigenvalue weighted by atomic mass is 19.2. The minimum absolute atomic E-state index is 0.0372. The zero-order chi connectivity index (χ0) is 24.0. The number of phenols is 1. The van der Waals surface area contributed by atoms with Crippen LogP contribution in [0.2, 0.25) is 0 Å². The third kappa shape index (κ3) is 6.29. The van der Waals surface area contributed by atoms with E-state index in [4.69, 9.17) is 9.47 Å². The van der Waals surface area contributed by atoms with E-state index in [-0.39, 0.29) is 35.7 Å². The number of hydrogen-bond acceptors (Lipinski definition) is 3. The summed E-state index contributed by atoms with van der Waals surface area (Å²) in [4.78, 5) is 0. The van der Waals surface area contributed by atoms with Crippen LogP contribution in [-0.4, -0.2) is 24.4 Å². The predicted molar refractivity (Wildman–Crippen MR) is 124 cm³/mol. The van der Waals surface area contributed by atoms with Crippen molar-refractivity contribution in [3.8, 4) is 16.9 Å². The van der Waals surface area contributed by atoms with E-state index in [9.17, 15) is 18.3 Å². The van der Waals surface area contributed by atoms with Crippen molar-refractivity contribution in [3.05, 3.63) is 90.0 Å². The van der Waals surface area contributed by atoms with Crippen LogP contribution in [0.25, 0.3) is 11.1 Å². The standard InChI is InChI=1S/C27H29F3O3/c1-4-32-18(3)25(28)15-17(2)16-33-22-11-7-20(8-12-22)24-14-13-23(26(29)27(24)30)19-5-9-21(31)10-6-19/h5-6,9-10,13-15,20,22,31H,2-4,7-8,11-12,16H2,1H3/b25-15+. The van der Waals surface area contributed by atoms with Crippen LogP contribution in [0, 0.1) is 11.6 Å². The largest absolute Gasteiger partial charge is 0.508 e. The van der Waals surface area contributed by atoms with Crippen LogP contribution in [0.3, 0.4) is 0 Å². The summed E-state index contributed by atoms with van der Waals surface area (Å²) in [6, 6.07) is 9.22. The molecule has 1 fully saturated rings. The lowest BCUT2D eigenvalue weighted by Crippen LogP contribution is -2.22. The number of ether oxygens (including phenoxy) is 2. The molecule has 33 heavy (non-hydrogen) atoms. The lowest BCUT2D eigenvalue weighted by Gasteiger charge is -2.29. The van der Waals surface area contributed by atoms with Crippen LogP contribution < -0.4 is 0 Å². The van der Waals surface area contributed by atoms with Crippen LogP contribution >= 0.6 is 0 Å². The summed E-state index contributed by atoms with van der Waals surface area (Å²) in [6.45, 7) is 9.56. The maximum Gasteiger partial charge on any atom is 0.166 e.